The Bertz CT molecular complexity index is 1100. The molecule has 2 atom stereocenters. The lowest BCUT2D eigenvalue weighted by molar-refractivity contribution is 0.0353. The molecule has 146 valence electrons. The second kappa shape index (κ2) is 6.51. The van der Waals surface area contributed by atoms with Crippen LogP contribution in [-0.4, -0.2) is 61.2 Å². The number of ether oxygens (including phenoxy) is 1. The normalized spacial score (nSPS) is 23.2. The van der Waals surface area contributed by atoms with E-state index >= 15 is 0 Å². The largest absolute Gasteiger partial charge is 0.508 e. The fourth-order valence-electron chi connectivity index (χ4n) is 4.20. The first-order valence-corrected chi connectivity index (χ1v) is 10.7. The first kappa shape index (κ1) is 17.5. The molecule has 2 aliphatic heterocycles. The molecule has 0 radical (unpaired) electrons. The van der Waals surface area contributed by atoms with E-state index in [2.05, 4.69) is 9.88 Å². The predicted octanol–water partition coefficient (Wildman–Crippen LogP) is 2.15. The summed E-state index contributed by atoms with van der Waals surface area (Å²) in [5.41, 5.74) is 1.79. The van der Waals surface area contributed by atoms with Crippen molar-refractivity contribution in [2.75, 3.05) is 31.2 Å². The van der Waals surface area contributed by atoms with Gasteiger partial charge in [0.2, 0.25) is 10.0 Å². The molecular formula is C20H21N3O4S. The molecule has 0 amide bonds. The molecule has 7 nitrogen and oxygen atoms in total. The zero-order valence-corrected chi connectivity index (χ0v) is 16.0. The van der Waals surface area contributed by atoms with Gasteiger partial charge in [-0.3, -0.25) is 0 Å². The summed E-state index contributed by atoms with van der Waals surface area (Å²) in [7, 11) is -3.59. The minimum atomic E-state index is -3.59. The van der Waals surface area contributed by atoms with Crippen molar-refractivity contribution in [3.05, 3.63) is 54.7 Å². The van der Waals surface area contributed by atoms with Crippen LogP contribution < -0.4 is 4.90 Å². The van der Waals surface area contributed by atoms with Crippen LogP contribution in [0.15, 0.2) is 59.6 Å². The molecule has 3 heterocycles. The van der Waals surface area contributed by atoms with Crippen LogP contribution in [-0.2, 0) is 14.8 Å². The van der Waals surface area contributed by atoms with Gasteiger partial charge in [0.15, 0.2) is 0 Å². The molecule has 0 unspecified atom stereocenters. The molecule has 2 aliphatic rings. The third kappa shape index (κ3) is 2.85. The molecule has 0 saturated carbocycles. The molecule has 3 aromatic rings. The first-order chi connectivity index (χ1) is 13.5. The minimum absolute atomic E-state index is 0.0685. The number of hydrogen-bond donors (Lipinski definition) is 2. The van der Waals surface area contributed by atoms with E-state index in [1.807, 2.05) is 24.3 Å². The number of morpholine rings is 1. The van der Waals surface area contributed by atoms with E-state index in [0.717, 1.165) is 16.6 Å². The number of aromatic amines is 1. The summed E-state index contributed by atoms with van der Waals surface area (Å²) < 4.78 is 33.9. The van der Waals surface area contributed by atoms with Gasteiger partial charge in [-0.05, 0) is 47.9 Å². The van der Waals surface area contributed by atoms with E-state index in [9.17, 15) is 13.5 Å². The van der Waals surface area contributed by atoms with Crippen molar-refractivity contribution in [3.8, 4) is 5.75 Å². The van der Waals surface area contributed by atoms with Crippen molar-refractivity contribution in [2.45, 2.75) is 17.0 Å². The Kier molecular flexibility index (Phi) is 4.08. The molecule has 0 aliphatic carbocycles. The third-order valence-corrected chi connectivity index (χ3v) is 7.38. The second-order valence-electron chi connectivity index (χ2n) is 7.32. The first-order valence-electron chi connectivity index (χ1n) is 9.25. The smallest absolute Gasteiger partial charge is 0.243 e. The number of fused-ring (bicyclic) bond motifs is 3. The van der Waals surface area contributed by atoms with Crippen LogP contribution in [0.2, 0.25) is 0 Å². The van der Waals surface area contributed by atoms with E-state index < -0.39 is 10.0 Å². The van der Waals surface area contributed by atoms with Crippen LogP contribution in [0.3, 0.4) is 0 Å². The van der Waals surface area contributed by atoms with Crippen molar-refractivity contribution >= 4 is 26.6 Å². The lowest BCUT2D eigenvalue weighted by Gasteiger charge is -2.50. The van der Waals surface area contributed by atoms with Crippen molar-refractivity contribution in [3.63, 3.8) is 0 Å². The zero-order chi connectivity index (χ0) is 19.3. The van der Waals surface area contributed by atoms with Crippen LogP contribution in [0, 0.1) is 0 Å². The van der Waals surface area contributed by atoms with Crippen molar-refractivity contribution < 1.29 is 18.3 Å². The van der Waals surface area contributed by atoms with Gasteiger partial charge in [-0.25, -0.2) is 8.42 Å². The Balaban J connectivity index is 1.45. The summed E-state index contributed by atoms with van der Waals surface area (Å²) in [6, 6.07) is 14.0. The highest BCUT2D eigenvalue weighted by atomic mass is 32.2. The SMILES string of the molecule is O=S(=O)(c1ccc2cc[nH]c2c1)N1C[C@H]2COC[C@@H](C1)N2c1ccc(O)cc1. The fraction of sp³-hybridized carbons (Fsp3) is 0.300. The predicted molar refractivity (Wildman–Crippen MR) is 106 cm³/mol. The zero-order valence-electron chi connectivity index (χ0n) is 15.2. The molecule has 2 bridgehead atoms. The lowest BCUT2D eigenvalue weighted by atomic mass is 10.0. The minimum Gasteiger partial charge on any atom is -0.508 e. The summed E-state index contributed by atoms with van der Waals surface area (Å²) >= 11 is 0. The van der Waals surface area contributed by atoms with Gasteiger partial charge in [0.25, 0.3) is 0 Å². The van der Waals surface area contributed by atoms with Crippen molar-refractivity contribution in [2.24, 2.45) is 0 Å². The summed E-state index contributed by atoms with van der Waals surface area (Å²) in [4.78, 5) is 5.61. The van der Waals surface area contributed by atoms with E-state index in [1.165, 1.54) is 0 Å². The fourth-order valence-corrected chi connectivity index (χ4v) is 5.75. The number of anilines is 1. The van der Waals surface area contributed by atoms with Gasteiger partial charge in [0.05, 0.1) is 30.2 Å². The number of phenols is 1. The topological polar surface area (TPSA) is 85.9 Å². The molecule has 2 aromatic carbocycles. The highest BCUT2D eigenvalue weighted by Crippen LogP contribution is 2.32. The lowest BCUT2D eigenvalue weighted by Crippen LogP contribution is -2.65. The number of piperazine rings is 1. The summed E-state index contributed by atoms with van der Waals surface area (Å²) in [6.07, 6.45) is 1.80. The number of rotatable bonds is 3. The standard InChI is InChI=1S/C20H21N3O4S/c24-18-4-2-15(3-5-18)23-16-10-22(11-17(23)13-27-12-16)28(25,26)19-6-1-14-7-8-21-20(14)9-19/h1-9,16-17,21,24H,10-13H2/t16-,17+. The molecule has 1 aromatic heterocycles. The number of sulfonamides is 1. The summed E-state index contributed by atoms with van der Waals surface area (Å²) in [5, 5.41) is 10.5. The molecule has 5 rings (SSSR count). The monoisotopic (exact) mass is 399 g/mol. The average Bonchev–Trinajstić information content (AvgIpc) is 3.15. The maximum absolute atomic E-state index is 13.3. The Hall–Kier alpha value is -2.55. The highest BCUT2D eigenvalue weighted by Gasteiger charge is 2.42. The quantitative estimate of drug-likeness (QED) is 0.705. The van der Waals surface area contributed by atoms with Gasteiger partial charge in [0.1, 0.15) is 5.75 Å². The van der Waals surface area contributed by atoms with E-state index in [1.54, 1.807) is 34.8 Å². The van der Waals surface area contributed by atoms with Gasteiger partial charge in [-0.15, -0.1) is 0 Å². The number of aromatic hydroxyl groups is 1. The Morgan fingerprint density at radius 3 is 2.43 bits per heavy atom. The van der Waals surface area contributed by atoms with Crippen LogP contribution in [0.5, 0.6) is 5.75 Å². The molecular weight excluding hydrogens is 378 g/mol. The summed E-state index contributed by atoms with van der Waals surface area (Å²) in [5.74, 6) is 0.214. The van der Waals surface area contributed by atoms with Crippen molar-refractivity contribution in [1.82, 2.24) is 9.29 Å². The number of nitrogens with one attached hydrogen (secondary N) is 1. The number of nitrogens with zero attached hydrogens (tertiary/aromatic N) is 2. The number of aromatic nitrogens is 1. The number of hydrogen-bond acceptors (Lipinski definition) is 5. The maximum atomic E-state index is 13.3. The maximum Gasteiger partial charge on any atom is 0.243 e. The Morgan fingerprint density at radius 1 is 1.00 bits per heavy atom. The van der Waals surface area contributed by atoms with Crippen LogP contribution in [0.25, 0.3) is 10.9 Å². The van der Waals surface area contributed by atoms with Crippen LogP contribution >= 0.6 is 0 Å². The highest BCUT2D eigenvalue weighted by molar-refractivity contribution is 7.89. The molecule has 2 fully saturated rings. The van der Waals surface area contributed by atoms with Gasteiger partial charge in [0, 0.05) is 30.5 Å². The molecule has 28 heavy (non-hydrogen) atoms. The molecule has 2 N–H and O–H groups in total. The number of phenolic OH excluding ortho intramolecular Hbond substituents is 1. The molecule has 8 heteroatoms. The third-order valence-electron chi connectivity index (χ3n) is 5.55. The molecule has 0 spiro atoms. The summed E-state index contributed by atoms with van der Waals surface area (Å²) in [6.45, 7) is 1.67. The number of benzene rings is 2. The van der Waals surface area contributed by atoms with Gasteiger partial charge < -0.3 is 19.7 Å². The van der Waals surface area contributed by atoms with Gasteiger partial charge in [-0.1, -0.05) is 6.07 Å². The van der Waals surface area contributed by atoms with Crippen LogP contribution in [0.1, 0.15) is 0 Å². The van der Waals surface area contributed by atoms with E-state index in [4.69, 9.17) is 4.74 Å². The van der Waals surface area contributed by atoms with E-state index in [-0.39, 0.29) is 17.8 Å². The Labute approximate surface area is 163 Å². The van der Waals surface area contributed by atoms with Gasteiger partial charge >= 0.3 is 0 Å². The van der Waals surface area contributed by atoms with E-state index in [0.29, 0.717) is 31.2 Å². The van der Waals surface area contributed by atoms with Gasteiger partial charge in [-0.2, -0.15) is 4.31 Å². The Morgan fingerprint density at radius 2 is 1.71 bits per heavy atom. The number of H-pyrrole nitrogens is 1. The molecule has 2 saturated heterocycles. The average molecular weight is 399 g/mol. The second-order valence-corrected chi connectivity index (χ2v) is 9.26. The van der Waals surface area contributed by atoms with Crippen molar-refractivity contribution in [1.29, 1.82) is 0 Å². The van der Waals surface area contributed by atoms with Crippen LogP contribution in [0.4, 0.5) is 5.69 Å².